The van der Waals surface area contributed by atoms with Crippen molar-refractivity contribution in [3.05, 3.63) is 41.0 Å². The highest BCUT2D eigenvalue weighted by molar-refractivity contribution is 7.23. The number of nitrogen functional groups attached to an aromatic ring is 1. The SMILES string of the molecule is N#Cc1c(N)sc2c(F)ccc(-c3c(C(F)(F)F)cc4c(OC5CCC6(CCNC6)CC5)nc(OC[C@@]56CCCN5C[C@H](F)C6)nc4c3F)c12. The van der Waals surface area contributed by atoms with E-state index in [4.69, 9.17) is 15.2 Å². The molecule has 4 fully saturated rings. The molecule has 0 bridgehead atoms. The first kappa shape index (κ1) is 33.3. The lowest BCUT2D eigenvalue weighted by molar-refractivity contribution is -0.137. The van der Waals surface area contributed by atoms with Gasteiger partial charge in [-0.25, -0.2) is 13.2 Å². The van der Waals surface area contributed by atoms with Gasteiger partial charge in [0, 0.05) is 30.5 Å². The maximum Gasteiger partial charge on any atom is 0.417 e. The summed E-state index contributed by atoms with van der Waals surface area (Å²) in [5.41, 5.74) is 2.14. The van der Waals surface area contributed by atoms with Crippen molar-refractivity contribution in [1.29, 1.82) is 5.26 Å². The van der Waals surface area contributed by atoms with Gasteiger partial charge in [-0.15, -0.1) is 11.3 Å². The highest BCUT2D eigenvalue weighted by Gasteiger charge is 2.49. The molecule has 3 N–H and O–H groups in total. The van der Waals surface area contributed by atoms with Gasteiger partial charge >= 0.3 is 12.2 Å². The summed E-state index contributed by atoms with van der Waals surface area (Å²) in [4.78, 5) is 10.7. The molecule has 3 aliphatic heterocycles. The maximum atomic E-state index is 17.0. The Labute approximate surface area is 287 Å². The number of hydrogen-bond acceptors (Lipinski definition) is 9. The number of ether oxygens (including phenoxy) is 2. The van der Waals surface area contributed by atoms with Gasteiger partial charge in [-0.1, -0.05) is 6.07 Å². The smallest absolute Gasteiger partial charge is 0.417 e. The molecule has 2 aromatic heterocycles. The highest BCUT2D eigenvalue weighted by Crippen LogP contribution is 2.49. The summed E-state index contributed by atoms with van der Waals surface area (Å²) < 4.78 is 103. The molecule has 264 valence electrons. The second-order valence-corrected chi connectivity index (χ2v) is 15.2. The van der Waals surface area contributed by atoms with Crippen molar-refractivity contribution in [3.63, 3.8) is 0 Å². The lowest BCUT2D eigenvalue weighted by Gasteiger charge is -2.36. The molecule has 5 heterocycles. The van der Waals surface area contributed by atoms with E-state index in [1.807, 2.05) is 11.0 Å². The van der Waals surface area contributed by atoms with E-state index in [0.29, 0.717) is 37.1 Å². The van der Waals surface area contributed by atoms with Crippen LogP contribution < -0.4 is 20.5 Å². The van der Waals surface area contributed by atoms with Crippen molar-refractivity contribution in [2.45, 2.75) is 75.4 Å². The van der Waals surface area contributed by atoms with Crippen LogP contribution in [0.15, 0.2) is 18.2 Å². The van der Waals surface area contributed by atoms with E-state index in [-0.39, 0.29) is 74.6 Å². The van der Waals surface area contributed by atoms with Crippen molar-refractivity contribution in [2.75, 3.05) is 38.5 Å². The minimum absolute atomic E-state index is 0.00468. The van der Waals surface area contributed by atoms with Crippen molar-refractivity contribution in [1.82, 2.24) is 20.2 Å². The fourth-order valence-electron chi connectivity index (χ4n) is 8.68. The second kappa shape index (κ2) is 12.1. The summed E-state index contributed by atoms with van der Waals surface area (Å²) in [6.07, 6.45) is -0.698. The molecule has 4 aromatic rings. The van der Waals surface area contributed by atoms with Crippen molar-refractivity contribution < 1.29 is 35.8 Å². The van der Waals surface area contributed by atoms with Crippen molar-refractivity contribution in [2.24, 2.45) is 5.41 Å². The predicted octanol–water partition coefficient (Wildman–Crippen LogP) is 7.52. The van der Waals surface area contributed by atoms with Gasteiger partial charge in [-0.3, -0.25) is 4.90 Å². The molecule has 15 heteroatoms. The number of aromatic nitrogens is 2. The zero-order valence-corrected chi connectivity index (χ0v) is 27.8. The first-order valence-corrected chi connectivity index (χ1v) is 17.6. The van der Waals surface area contributed by atoms with Gasteiger partial charge in [-0.2, -0.15) is 28.4 Å². The van der Waals surface area contributed by atoms with Gasteiger partial charge in [-0.05, 0) is 81.1 Å². The third-order valence-corrected chi connectivity index (χ3v) is 12.2. The number of thiophene rings is 1. The van der Waals surface area contributed by atoms with Gasteiger partial charge in [0.25, 0.3) is 0 Å². The van der Waals surface area contributed by atoms with E-state index in [1.54, 1.807) is 0 Å². The topological polar surface area (TPSA) is 109 Å². The molecule has 1 saturated carbocycles. The average molecular weight is 717 g/mol. The summed E-state index contributed by atoms with van der Waals surface area (Å²) in [5, 5.41) is 12.6. The fraction of sp³-hybridized carbons (Fsp3) is 0.514. The van der Waals surface area contributed by atoms with Crippen LogP contribution in [0.1, 0.15) is 62.5 Å². The third-order valence-electron chi connectivity index (χ3n) is 11.2. The van der Waals surface area contributed by atoms with Crippen LogP contribution in [0.4, 0.5) is 31.3 Å². The Bertz CT molecular complexity index is 2030. The summed E-state index contributed by atoms with van der Waals surface area (Å²) in [5.74, 6) is -2.42. The molecule has 0 amide bonds. The number of benzene rings is 2. The Kier molecular flexibility index (Phi) is 8.07. The Hall–Kier alpha value is -3.87. The Morgan fingerprint density at radius 3 is 2.66 bits per heavy atom. The van der Waals surface area contributed by atoms with E-state index in [2.05, 4.69) is 15.3 Å². The van der Waals surface area contributed by atoms with Crippen LogP contribution >= 0.6 is 11.3 Å². The first-order valence-electron chi connectivity index (χ1n) is 16.8. The van der Waals surface area contributed by atoms with Crippen LogP contribution in [0.2, 0.25) is 0 Å². The lowest BCUT2D eigenvalue weighted by atomic mass is 9.72. The van der Waals surface area contributed by atoms with Crippen LogP contribution in [0, 0.1) is 28.4 Å². The molecular weight excluding hydrogens is 682 g/mol. The molecule has 2 aromatic carbocycles. The molecule has 4 aliphatic rings. The average Bonchev–Trinajstić information content (AvgIpc) is 3.84. The monoisotopic (exact) mass is 716 g/mol. The molecule has 8 nitrogen and oxygen atoms in total. The number of fused-ring (bicyclic) bond motifs is 3. The van der Waals surface area contributed by atoms with E-state index in [1.165, 1.54) is 0 Å². The van der Waals surface area contributed by atoms with E-state index >= 15 is 4.39 Å². The van der Waals surface area contributed by atoms with Crippen molar-refractivity contribution in [3.8, 4) is 29.1 Å². The number of anilines is 1. The normalized spacial score (nSPS) is 27.0. The molecule has 3 saturated heterocycles. The van der Waals surface area contributed by atoms with Crippen LogP contribution in [-0.4, -0.2) is 65.5 Å². The van der Waals surface area contributed by atoms with Crippen LogP contribution in [0.3, 0.4) is 0 Å². The summed E-state index contributed by atoms with van der Waals surface area (Å²) >= 11 is 0.695. The minimum Gasteiger partial charge on any atom is -0.474 e. The second-order valence-electron chi connectivity index (χ2n) is 14.2. The lowest BCUT2D eigenvalue weighted by Crippen LogP contribution is -2.43. The summed E-state index contributed by atoms with van der Waals surface area (Å²) in [6, 6.07) is 4.20. The highest BCUT2D eigenvalue weighted by atomic mass is 32.1. The number of alkyl halides is 4. The van der Waals surface area contributed by atoms with Crippen LogP contribution in [0.5, 0.6) is 11.9 Å². The number of nitrogens with zero attached hydrogens (tertiary/aromatic N) is 4. The molecule has 0 radical (unpaired) electrons. The molecule has 0 unspecified atom stereocenters. The van der Waals surface area contributed by atoms with Crippen LogP contribution in [-0.2, 0) is 6.18 Å². The van der Waals surface area contributed by atoms with Gasteiger partial charge in [0.15, 0.2) is 5.82 Å². The minimum atomic E-state index is -5.09. The molecule has 2 atom stereocenters. The van der Waals surface area contributed by atoms with Crippen LogP contribution in [0.25, 0.3) is 32.1 Å². The number of nitriles is 1. The Morgan fingerprint density at radius 2 is 1.94 bits per heavy atom. The number of halogens is 6. The molecule has 8 rings (SSSR count). The molecule has 1 spiro atoms. The Balaban J connectivity index is 1.27. The molecular formula is C35H34F6N6O2S. The quantitative estimate of drug-likeness (QED) is 0.197. The molecule has 50 heavy (non-hydrogen) atoms. The summed E-state index contributed by atoms with van der Waals surface area (Å²) in [7, 11) is 0. The van der Waals surface area contributed by atoms with Gasteiger partial charge in [0.1, 0.15) is 41.3 Å². The predicted molar refractivity (Wildman–Crippen MR) is 176 cm³/mol. The fourth-order valence-corrected chi connectivity index (χ4v) is 9.63. The zero-order valence-electron chi connectivity index (χ0n) is 26.9. The Morgan fingerprint density at radius 1 is 1.14 bits per heavy atom. The maximum absolute atomic E-state index is 17.0. The number of rotatable bonds is 6. The first-order chi connectivity index (χ1) is 23.9. The standard InChI is InChI=1S/C35H34F6N6O2S/c36-18-13-34(6-1-11-47(34)15-18)17-48-32-45-28-21(31(46-32)49-19-4-7-33(8-5-19)9-10-44-16-33)12-23(35(39,40)41)26(27(28)38)20-2-3-24(37)29-25(20)22(14-42)30(43)50-29/h2-3,12,18-19,44H,1,4-11,13,15-17,43H2/t18-,19?,33?,34+/m1/s1. The van der Waals surface area contributed by atoms with Gasteiger partial charge in [0.2, 0.25) is 5.88 Å². The van der Waals surface area contributed by atoms with Crippen molar-refractivity contribution >= 4 is 37.3 Å². The summed E-state index contributed by atoms with van der Waals surface area (Å²) in [6.45, 7) is 2.82. The number of nitrogens with one attached hydrogen (secondary N) is 1. The third kappa shape index (κ3) is 5.50. The largest absolute Gasteiger partial charge is 0.474 e. The van der Waals surface area contributed by atoms with Gasteiger partial charge < -0.3 is 20.5 Å². The number of hydrogen-bond donors (Lipinski definition) is 2. The number of nitrogens with two attached hydrogens (primary N) is 1. The van der Waals surface area contributed by atoms with E-state index < -0.39 is 46.2 Å². The zero-order chi connectivity index (χ0) is 35.0. The van der Waals surface area contributed by atoms with E-state index in [9.17, 15) is 27.2 Å². The van der Waals surface area contributed by atoms with Gasteiger partial charge in [0.05, 0.1) is 26.8 Å². The molecule has 1 aliphatic carbocycles. The van der Waals surface area contributed by atoms with E-state index in [0.717, 1.165) is 57.0 Å².